The van der Waals surface area contributed by atoms with E-state index in [1.54, 1.807) is 13.0 Å². The van der Waals surface area contributed by atoms with E-state index in [1.165, 1.54) is 7.11 Å². The fourth-order valence-corrected chi connectivity index (χ4v) is 6.52. The van der Waals surface area contributed by atoms with Crippen molar-refractivity contribution in [3.05, 3.63) is 76.7 Å². The highest BCUT2D eigenvalue weighted by Crippen LogP contribution is 2.48. The van der Waals surface area contributed by atoms with E-state index >= 15 is 0 Å². The van der Waals surface area contributed by atoms with E-state index < -0.39 is 23.9 Å². The molecule has 0 radical (unpaired) electrons. The number of rotatable bonds is 9. The highest BCUT2D eigenvalue weighted by Gasteiger charge is 2.39. The van der Waals surface area contributed by atoms with Crippen molar-refractivity contribution in [2.75, 3.05) is 20.2 Å². The normalized spacial score (nSPS) is 22.0. The molecule has 0 spiro atoms. The van der Waals surface area contributed by atoms with Gasteiger partial charge >= 0.3 is 5.97 Å². The summed E-state index contributed by atoms with van der Waals surface area (Å²) in [5, 5.41) is 9.72. The van der Waals surface area contributed by atoms with Gasteiger partial charge in [0.25, 0.3) is 0 Å². The monoisotopic (exact) mass is 562 g/mol. The second-order valence-corrected chi connectivity index (χ2v) is 11.7. The van der Waals surface area contributed by atoms with Crippen molar-refractivity contribution in [3.63, 3.8) is 0 Å². The van der Waals surface area contributed by atoms with Crippen LogP contribution in [-0.4, -0.2) is 47.3 Å². The zero-order chi connectivity index (χ0) is 28.7. The topological polar surface area (TPSA) is 71.9 Å². The van der Waals surface area contributed by atoms with Crippen molar-refractivity contribution in [1.29, 1.82) is 0 Å². The minimum atomic E-state index is -0.852. The summed E-state index contributed by atoms with van der Waals surface area (Å²) in [5.74, 6) is -0.178. The molecule has 0 bridgehead atoms. The Hall–Kier alpha value is -3.52. The average molecular weight is 563 g/mol. The first-order valence-corrected chi connectivity index (χ1v) is 14.5. The Morgan fingerprint density at radius 2 is 1.98 bits per heavy atom. The van der Waals surface area contributed by atoms with Crippen LogP contribution >= 0.6 is 0 Å². The number of halogens is 2. The van der Waals surface area contributed by atoms with Gasteiger partial charge in [0.05, 0.1) is 19.2 Å². The lowest BCUT2D eigenvalue weighted by Crippen LogP contribution is -2.22. The number of hydrogen-bond donors (Lipinski definition) is 1. The molecule has 6 rings (SSSR count). The number of carbonyl (C=O) groups is 1. The highest BCUT2D eigenvalue weighted by atomic mass is 19.1. The van der Waals surface area contributed by atoms with Gasteiger partial charge in [-0.2, -0.15) is 0 Å². The van der Waals surface area contributed by atoms with Gasteiger partial charge in [-0.15, -0.1) is 0 Å². The Bertz CT molecular complexity index is 1440. The maximum atomic E-state index is 15.0. The van der Waals surface area contributed by atoms with Crippen LogP contribution in [0.15, 0.2) is 48.7 Å². The second-order valence-electron chi connectivity index (χ2n) is 11.7. The third kappa shape index (κ3) is 5.80. The third-order valence-electron chi connectivity index (χ3n) is 8.92. The quantitative estimate of drug-likeness (QED) is 0.312. The molecular formula is C33H36F2N2O4. The van der Waals surface area contributed by atoms with Crippen LogP contribution in [0, 0.1) is 17.7 Å². The van der Waals surface area contributed by atoms with Gasteiger partial charge in [-0.1, -0.05) is 37.3 Å². The molecule has 2 fully saturated rings. The average Bonchev–Trinajstić information content (AvgIpc) is 3.73. The Balaban J connectivity index is 1.31. The Morgan fingerprint density at radius 1 is 1.15 bits per heavy atom. The first kappa shape index (κ1) is 27.6. The largest absolute Gasteiger partial charge is 0.485 e. The highest BCUT2D eigenvalue weighted by molar-refractivity contribution is 5.71. The Kier molecular flexibility index (Phi) is 7.68. The molecule has 4 atom stereocenters. The molecule has 3 aromatic rings. The van der Waals surface area contributed by atoms with Gasteiger partial charge in [0, 0.05) is 31.3 Å². The van der Waals surface area contributed by atoms with Crippen LogP contribution in [-0.2, 0) is 17.8 Å². The number of ether oxygens (including phenoxy) is 2. The molecule has 3 heterocycles. The summed E-state index contributed by atoms with van der Waals surface area (Å²) in [6, 6.07) is 13.8. The predicted molar refractivity (Wildman–Crippen MR) is 151 cm³/mol. The van der Waals surface area contributed by atoms with Crippen molar-refractivity contribution in [2.45, 2.75) is 63.8 Å². The van der Waals surface area contributed by atoms with E-state index in [2.05, 4.69) is 28.1 Å². The first-order valence-electron chi connectivity index (χ1n) is 14.5. The van der Waals surface area contributed by atoms with E-state index in [1.807, 2.05) is 18.2 Å². The molecule has 1 saturated heterocycles. The minimum absolute atomic E-state index is 0.0281. The van der Waals surface area contributed by atoms with Gasteiger partial charge in [-0.05, 0) is 77.8 Å². The fourth-order valence-electron chi connectivity index (χ4n) is 6.52. The number of aryl methyl sites for hydroxylation is 1. The maximum Gasteiger partial charge on any atom is 0.306 e. The van der Waals surface area contributed by atoms with E-state index in [4.69, 9.17) is 9.47 Å². The zero-order valence-electron chi connectivity index (χ0n) is 23.5. The van der Waals surface area contributed by atoms with E-state index in [0.717, 1.165) is 65.4 Å². The summed E-state index contributed by atoms with van der Waals surface area (Å²) >= 11 is 0. The van der Waals surface area contributed by atoms with Gasteiger partial charge in [0.1, 0.15) is 23.8 Å². The molecule has 1 aromatic heterocycles. The first-order chi connectivity index (χ1) is 19.8. The maximum absolute atomic E-state index is 15.0. The summed E-state index contributed by atoms with van der Waals surface area (Å²) in [7, 11) is 1.50. The third-order valence-corrected chi connectivity index (χ3v) is 8.92. The summed E-state index contributed by atoms with van der Waals surface area (Å²) in [5.41, 5.74) is 5.15. The summed E-state index contributed by atoms with van der Waals surface area (Å²) in [6.45, 7) is 3.31. The summed E-state index contributed by atoms with van der Waals surface area (Å²) in [6.07, 6.45) is 4.35. The number of nitrogens with zero attached hydrogens (tertiary/aromatic N) is 2. The van der Waals surface area contributed by atoms with E-state index in [0.29, 0.717) is 43.4 Å². The Labute approximate surface area is 239 Å². The smallest absolute Gasteiger partial charge is 0.306 e. The van der Waals surface area contributed by atoms with Crippen molar-refractivity contribution in [2.24, 2.45) is 11.8 Å². The van der Waals surface area contributed by atoms with E-state index in [-0.39, 0.29) is 12.0 Å². The molecule has 2 aliphatic heterocycles. The van der Waals surface area contributed by atoms with Gasteiger partial charge in [0.15, 0.2) is 0 Å². The molecule has 1 N–H and O–H groups in total. The van der Waals surface area contributed by atoms with Crippen LogP contribution in [0.1, 0.15) is 66.9 Å². The number of aliphatic carboxylic acids is 1. The van der Waals surface area contributed by atoms with Crippen LogP contribution in [0.5, 0.6) is 11.6 Å². The molecule has 3 aliphatic rings. The molecule has 2 aromatic carbocycles. The molecule has 2 unspecified atom stereocenters. The molecule has 6 nitrogen and oxygen atoms in total. The summed E-state index contributed by atoms with van der Waals surface area (Å²) < 4.78 is 40.8. The molecule has 216 valence electrons. The van der Waals surface area contributed by atoms with Crippen molar-refractivity contribution in [3.8, 4) is 22.8 Å². The number of fused-ring (bicyclic) bond motifs is 1. The number of pyridine rings is 1. The number of likely N-dealkylation sites (tertiary alicyclic amines) is 1. The van der Waals surface area contributed by atoms with Crippen LogP contribution in [0.2, 0.25) is 0 Å². The standard InChI is InChI=1S/C33H36F2N2O4/c1-19(33(38)39)32(21-4-5-21)23-6-3-20-8-10-29(41-30(20)14-23)22-7-9-26(27-15-31(40-2)36-16-28(27)35)24(13-22)17-37-12-11-25(34)18-37/h3,6-7,9,13-16,19,21,25,29,32H,4-5,8,10-12,17-18H2,1-2H3,(H,38,39)/t19-,25?,29?,32-/m0/s1. The van der Waals surface area contributed by atoms with Gasteiger partial charge < -0.3 is 14.6 Å². The predicted octanol–water partition coefficient (Wildman–Crippen LogP) is 6.72. The zero-order valence-corrected chi connectivity index (χ0v) is 23.5. The van der Waals surface area contributed by atoms with Crippen molar-refractivity contribution in [1.82, 2.24) is 9.88 Å². The number of aromatic nitrogens is 1. The number of hydrogen-bond acceptors (Lipinski definition) is 5. The second kappa shape index (κ2) is 11.4. The molecular weight excluding hydrogens is 526 g/mol. The fraction of sp³-hybridized carbons (Fsp3) is 0.455. The molecule has 0 amide bonds. The molecule has 1 aliphatic carbocycles. The molecule has 41 heavy (non-hydrogen) atoms. The van der Waals surface area contributed by atoms with Gasteiger partial charge in [-0.3, -0.25) is 9.69 Å². The van der Waals surface area contributed by atoms with Crippen molar-refractivity contribution < 1.29 is 28.2 Å². The molecule has 8 heteroatoms. The van der Waals surface area contributed by atoms with Crippen LogP contribution in [0.25, 0.3) is 11.1 Å². The number of methoxy groups -OCH3 is 1. The van der Waals surface area contributed by atoms with Crippen LogP contribution in [0.3, 0.4) is 0 Å². The number of alkyl halides is 1. The Morgan fingerprint density at radius 3 is 2.68 bits per heavy atom. The molecule has 1 saturated carbocycles. The van der Waals surface area contributed by atoms with E-state index in [9.17, 15) is 18.7 Å². The summed E-state index contributed by atoms with van der Waals surface area (Å²) in [4.78, 5) is 17.9. The minimum Gasteiger partial charge on any atom is -0.485 e. The lowest BCUT2D eigenvalue weighted by molar-refractivity contribution is -0.142. The van der Waals surface area contributed by atoms with Gasteiger partial charge in [0.2, 0.25) is 5.88 Å². The number of carboxylic acids is 1. The van der Waals surface area contributed by atoms with Crippen LogP contribution in [0.4, 0.5) is 8.78 Å². The van der Waals surface area contributed by atoms with Gasteiger partial charge in [-0.25, -0.2) is 13.8 Å². The van der Waals surface area contributed by atoms with Crippen molar-refractivity contribution >= 4 is 5.97 Å². The SMILES string of the molecule is COc1cc(-c2ccc(C3CCc4ccc([C@H](C5CC5)[C@H](C)C(=O)O)cc4O3)cc2CN2CCC(F)C2)c(F)cn1. The lowest BCUT2D eigenvalue weighted by Gasteiger charge is -2.29. The van der Waals surface area contributed by atoms with Crippen LogP contribution < -0.4 is 9.47 Å². The number of carboxylic acid groups (broad SMARTS) is 1. The lowest BCUT2D eigenvalue weighted by atomic mass is 9.82. The number of benzene rings is 2.